The van der Waals surface area contributed by atoms with Crippen LogP contribution in [-0.2, 0) is 0 Å². The van der Waals surface area contributed by atoms with Gasteiger partial charge in [0.15, 0.2) is 0 Å². The summed E-state index contributed by atoms with van der Waals surface area (Å²) in [4.78, 5) is 1.93. The van der Waals surface area contributed by atoms with Crippen LogP contribution in [0.15, 0.2) is 74.9 Å². The largest absolute Gasteiger partial charge is 0.456 e. The number of hydrogen-bond acceptors (Lipinski definition) is 3. The first-order valence-corrected chi connectivity index (χ1v) is 8.29. The zero-order chi connectivity index (χ0) is 15.6. The van der Waals surface area contributed by atoms with Crippen LogP contribution in [0.25, 0.3) is 43.5 Å². The summed E-state index contributed by atoms with van der Waals surface area (Å²) in [5.74, 6) is 0. The summed E-state index contributed by atoms with van der Waals surface area (Å²) in [5.41, 5.74) is 1.83. The van der Waals surface area contributed by atoms with Crippen LogP contribution in [0.3, 0.4) is 0 Å². The molecule has 0 spiro atoms. The molecule has 5 aromatic rings. The Balaban J connectivity index is 1.95. The minimum atomic E-state index is 0.917. The van der Waals surface area contributed by atoms with Gasteiger partial charge in [-0.15, -0.1) is 25.3 Å². The van der Waals surface area contributed by atoms with Gasteiger partial charge in [-0.1, -0.05) is 12.1 Å². The van der Waals surface area contributed by atoms with Crippen molar-refractivity contribution in [2.24, 2.45) is 0 Å². The van der Waals surface area contributed by atoms with Gasteiger partial charge in [-0.2, -0.15) is 0 Å². The molecule has 3 heteroatoms. The average molecular weight is 332 g/mol. The quantitative estimate of drug-likeness (QED) is 0.310. The van der Waals surface area contributed by atoms with E-state index in [-0.39, 0.29) is 0 Å². The van der Waals surface area contributed by atoms with E-state index in [9.17, 15) is 0 Å². The minimum Gasteiger partial charge on any atom is -0.456 e. The van der Waals surface area contributed by atoms with E-state index in [2.05, 4.69) is 73.8 Å². The second kappa shape index (κ2) is 4.70. The van der Waals surface area contributed by atoms with Crippen LogP contribution in [0.1, 0.15) is 0 Å². The lowest BCUT2D eigenvalue weighted by atomic mass is 10.0. The van der Waals surface area contributed by atoms with E-state index >= 15 is 0 Å². The predicted octanol–water partition coefficient (Wildman–Crippen LogP) is 6.47. The number of rotatable bonds is 0. The van der Waals surface area contributed by atoms with Crippen LogP contribution in [-0.4, -0.2) is 0 Å². The van der Waals surface area contributed by atoms with Gasteiger partial charge in [0.2, 0.25) is 0 Å². The molecule has 0 amide bonds. The van der Waals surface area contributed by atoms with E-state index in [1.165, 1.54) is 10.8 Å². The molecule has 0 unspecified atom stereocenters. The van der Waals surface area contributed by atoms with Gasteiger partial charge in [0.05, 0.1) is 0 Å². The highest BCUT2D eigenvalue weighted by atomic mass is 32.1. The maximum atomic E-state index is 6.09. The third kappa shape index (κ3) is 2.04. The molecular formula is C20H12OS2. The Morgan fingerprint density at radius 2 is 1.00 bits per heavy atom. The molecule has 1 heterocycles. The maximum absolute atomic E-state index is 6.09. The third-order valence-electron chi connectivity index (χ3n) is 4.35. The highest BCUT2D eigenvalue weighted by Gasteiger charge is 2.10. The van der Waals surface area contributed by atoms with Gasteiger partial charge in [0, 0.05) is 20.6 Å². The highest BCUT2D eigenvalue weighted by molar-refractivity contribution is 7.80. The van der Waals surface area contributed by atoms with Crippen molar-refractivity contribution in [3.05, 3.63) is 60.7 Å². The zero-order valence-corrected chi connectivity index (χ0v) is 13.9. The molecule has 1 nitrogen and oxygen atoms in total. The lowest BCUT2D eigenvalue weighted by Gasteiger charge is -2.00. The Hall–Kier alpha value is -2.10. The molecule has 0 aliphatic heterocycles. The molecule has 1 aromatic heterocycles. The van der Waals surface area contributed by atoms with Gasteiger partial charge in [-0.3, -0.25) is 0 Å². The first-order chi connectivity index (χ1) is 11.2. The van der Waals surface area contributed by atoms with Gasteiger partial charge in [0.1, 0.15) is 11.2 Å². The van der Waals surface area contributed by atoms with Gasteiger partial charge in [0.25, 0.3) is 0 Å². The molecule has 5 rings (SSSR count). The molecule has 0 atom stereocenters. The second-order valence-corrected chi connectivity index (χ2v) is 6.89. The van der Waals surface area contributed by atoms with Gasteiger partial charge >= 0.3 is 0 Å². The molecule has 0 radical (unpaired) electrons. The number of fused-ring (bicyclic) bond motifs is 5. The molecule has 0 aliphatic rings. The van der Waals surface area contributed by atoms with E-state index < -0.39 is 0 Å². The normalized spacial score (nSPS) is 11.9. The molecule has 0 saturated carbocycles. The fraction of sp³-hybridized carbons (Fsp3) is 0. The van der Waals surface area contributed by atoms with Gasteiger partial charge < -0.3 is 4.42 Å². The van der Waals surface area contributed by atoms with Crippen LogP contribution in [0.2, 0.25) is 0 Å². The van der Waals surface area contributed by atoms with E-state index in [4.69, 9.17) is 4.42 Å². The number of hydrogen-bond donors (Lipinski definition) is 2. The Bertz CT molecular complexity index is 1140. The first-order valence-electron chi connectivity index (χ1n) is 7.39. The van der Waals surface area contributed by atoms with Crippen molar-refractivity contribution in [2.75, 3.05) is 0 Å². The van der Waals surface area contributed by atoms with Gasteiger partial charge in [-0.25, -0.2) is 0 Å². The summed E-state index contributed by atoms with van der Waals surface area (Å²) >= 11 is 8.88. The van der Waals surface area contributed by atoms with Crippen LogP contribution < -0.4 is 0 Å². The summed E-state index contributed by atoms with van der Waals surface area (Å²) in [6, 6.07) is 20.9. The molecule has 23 heavy (non-hydrogen) atoms. The van der Waals surface area contributed by atoms with E-state index in [1.54, 1.807) is 0 Å². The molecule has 110 valence electrons. The summed E-state index contributed by atoms with van der Waals surface area (Å²) in [6.07, 6.45) is 0. The van der Waals surface area contributed by atoms with Crippen LogP contribution in [0.4, 0.5) is 0 Å². The number of thiol groups is 2. The van der Waals surface area contributed by atoms with E-state index in [0.717, 1.165) is 42.5 Å². The highest BCUT2D eigenvalue weighted by Crippen LogP contribution is 2.35. The van der Waals surface area contributed by atoms with Crippen LogP contribution in [0.5, 0.6) is 0 Å². The molecule has 0 bridgehead atoms. The number of furan rings is 1. The second-order valence-electron chi connectivity index (χ2n) is 5.86. The molecule has 0 aliphatic carbocycles. The van der Waals surface area contributed by atoms with Crippen LogP contribution in [0, 0.1) is 0 Å². The lowest BCUT2D eigenvalue weighted by molar-refractivity contribution is 0.670. The molecule has 0 saturated heterocycles. The smallest absolute Gasteiger partial charge is 0.136 e. The maximum Gasteiger partial charge on any atom is 0.136 e. The molecular weight excluding hydrogens is 320 g/mol. The summed E-state index contributed by atoms with van der Waals surface area (Å²) in [6.45, 7) is 0. The van der Waals surface area contributed by atoms with Crippen molar-refractivity contribution in [1.29, 1.82) is 0 Å². The fourth-order valence-electron chi connectivity index (χ4n) is 3.24. The average Bonchev–Trinajstić information content (AvgIpc) is 2.87. The minimum absolute atomic E-state index is 0.917. The lowest BCUT2D eigenvalue weighted by Crippen LogP contribution is -1.75. The topological polar surface area (TPSA) is 13.1 Å². The SMILES string of the molecule is Sc1ccc2cc3oc4cc5ccc(S)cc5cc4c3cc2c1. The molecule has 4 aromatic carbocycles. The zero-order valence-electron chi connectivity index (χ0n) is 12.1. The monoisotopic (exact) mass is 332 g/mol. The van der Waals surface area contributed by atoms with Crippen molar-refractivity contribution >= 4 is 68.7 Å². The number of benzene rings is 4. The molecule has 0 fully saturated rings. The van der Waals surface area contributed by atoms with Gasteiger partial charge in [-0.05, 0) is 70.1 Å². The van der Waals surface area contributed by atoms with Crippen molar-refractivity contribution in [1.82, 2.24) is 0 Å². The fourth-order valence-corrected chi connectivity index (χ4v) is 3.66. The van der Waals surface area contributed by atoms with Crippen LogP contribution >= 0.6 is 25.3 Å². The Kier molecular flexibility index (Phi) is 2.73. The van der Waals surface area contributed by atoms with Crippen molar-refractivity contribution in [3.8, 4) is 0 Å². The Labute approximate surface area is 143 Å². The van der Waals surface area contributed by atoms with E-state index in [1.807, 2.05) is 12.1 Å². The summed E-state index contributed by atoms with van der Waals surface area (Å²) in [5, 5.41) is 6.95. The van der Waals surface area contributed by atoms with E-state index in [0.29, 0.717) is 0 Å². The Morgan fingerprint density at radius 3 is 1.48 bits per heavy atom. The predicted molar refractivity (Wildman–Crippen MR) is 103 cm³/mol. The molecule has 0 N–H and O–H groups in total. The first kappa shape index (κ1) is 13.3. The van der Waals surface area contributed by atoms with Crippen molar-refractivity contribution < 1.29 is 4.42 Å². The van der Waals surface area contributed by atoms with Crippen molar-refractivity contribution in [3.63, 3.8) is 0 Å². The summed E-state index contributed by atoms with van der Waals surface area (Å²) < 4.78 is 6.09. The third-order valence-corrected chi connectivity index (χ3v) is 4.91. The standard InChI is InChI=1S/C20H12OS2/c22-15-3-1-11-9-19-17(7-13(11)5-15)18-8-14-6-16(23)4-2-12(14)10-20(18)21-19/h1-10,22-23H. The Morgan fingerprint density at radius 1 is 0.522 bits per heavy atom. The summed E-state index contributed by atoms with van der Waals surface area (Å²) in [7, 11) is 0. The van der Waals surface area contributed by atoms with Crippen molar-refractivity contribution in [2.45, 2.75) is 9.79 Å².